The largest absolute Gasteiger partial charge is 0.311 e. The molecule has 1 N–H and O–H groups in total. The highest BCUT2D eigenvalue weighted by molar-refractivity contribution is 9.10. The fraction of sp³-hybridized carbons (Fsp3) is 0.571. The number of nitrogens with zero attached hydrogens (tertiary/aromatic N) is 1. The summed E-state index contributed by atoms with van der Waals surface area (Å²) in [6.45, 7) is 7.03. The lowest BCUT2D eigenvalue weighted by molar-refractivity contribution is 0.130. The average molecular weight is 315 g/mol. The van der Waals surface area contributed by atoms with Crippen molar-refractivity contribution >= 4 is 15.9 Å². The number of piperazine rings is 1. The van der Waals surface area contributed by atoms with Crippen LogP contribution in [0.2, 0.25) is 0 Å². The smallest absolute Gasteiger partial charge is 0.127 e. The standard InChI is InChI=1S/C14H20BrFN2/c1-3-13-9-18(10(2)7-17-13)8-11-6-12(15)4-5-14(11)16/h4-6,10,13,17H,3,7-9H2,1-2H3. The van der Waals surface area contributed by atoms with E-state index >= 15 is 0 Å². The Labute approximate surface area is 117 Å². The minimum atomic E-state index is -0.114. The summed E-state index contributed by atoms with van der Waals surface area (Å²) in [6.07, 6.45) is 1.12. The van der Waals surface area contributed by atoms with Crippen LogP contribution in [0.5, 0.6) is 0 Å². The van der Waals surface area contributed by atoms with Gasteiger partial charge in [0.1, 0.15) is 5.82 Å². The Morgan fingerprint density at radius 1 is 1.50 bits per heavy atom. The molecule has 0 aliphatic carbocycles. The summed E-state index contributed by atoms with van der Waals surface area (Å²) in [6, 6.07) is 6.13. The van der Waals surface area contributed by atoms with Gasteiger partial charge in [-0.2, -0.15) is 0 Å². The zero-order valence-corrected chi connectivity index (χ0v) is 12.5. The lowest BCUT2D eigenvalue weighted by atomic mass is 10.1. The molecule has 0 amide bonds. The second kappa shape index (κ2) is 6.13. The first-order valence-electron chi connectivity index (χ1n) is 6.51. The molecule has 2 nitrogen and oxygen atoms in total. The normalized spacial score (nSPS) is 25.3. The van der Waals surface area contributed by atoms with Crippen molar-refractivity contribution in [2.75, 3.05) is 13.1 Å². The van der Waals surface area contributed by atoms with Crippen molar-refractivity contribution in [3.8, 4) is 0 Å². The maximum absolute atomic E-state index is 13.8. The van der Waals surface area contributed by atoms with Crippen molar-refractivity contribution in [2.45, 2.75) is 38.9 Å². The predicted octanol–water partition coefficient (Wildman–Crippen LogP) is 3.16. The molecule has 0 bridgehead atoms. The van der Waals surface area contributed by atoms with Crippen molar-refractivity contribution in [3.63, 3.8) is 0 Å². The third-order valence-electron chi connectivity index (χ3n) is 3.65. The molecule has 1 aliphatic heterocycles. The van der Waals surface area contributed by atoms with Crippen LogP contribution in [0.1, 0.15) is 25.8 Å². The van der Waals surface area contributed by atoms with Crippen LogP contribution in [0.15, 0.2) is 22.7 Å². The van der Waals surface area contributed by atoms with Crippen LogP contribution >= 0.6 is 15.9 Å². The first kappa shape index (κ1) is 14.0. The number of hydrogen-bond donors (Lipinski definition) is 1. The van der Waals surface area contributed by atoms with Crippen molar-refractivity contribution in [3.05, 3.63) is 34.1 Å². The van der Waals surface area contributed by atoms with E-state index in [-0.39, 0.29) is 5.82 Å². The van der Waals surface area contributed by atoms with Gasteiger partial charge in [-0.25, -0.2) is 4.39 Å². The number of hydrogen-bond acceptors (Lipinski definition) is 2. The third-order valence-corrected chi connectivity index (χ3v) is 4.15. The van der Waals surface area contributed by atoms with Gasteiger partial charge >= 0.3 is 0 Å². The molecule has 18 heavy (non-hydrogen) atoms. The zero-order valence-electron chi connectivity index (χ0n) is 10.9. The van der Waals surface area contributed by atoms with E-state index in [4.69, 9.17) is 0 Å². The molecule has 0 spiro atoms. The zero-order chi connectivity index (χ0) is 13.1. The van der Waals surface area contributed by atoms with Gasteiger partial charge in [0.15, 0.2) is 0 Å². The van der Waals surface area contributed by atoms with Crippen LogP contribution in [-0.4, -0.2) is 30.1 Å². The highest BCUT2D eigenvalue weighted by Crippen LogP contribution is 2.19. The Hall–Kier alpha value is -0.450. The van der Waals surface area contributed by atoms with Gasteiger partial charge in [-0.15, -0.1) is 0 Å². The molecule has 1 aliphatic rings. The van der Waals surface area contributed by atoms with Gasteiger partial charge in [0, 0.05) is 41.8 Å². The number of rotatable bonds is 3. The van der Waals surface area contributed by atoms with E-state index in [1.54, 1.807) is 6.07 Å². The lowest BCUT2D eigenvalue weighted by Gasteiger charge is -2.38. The minimum absolute atomic E-state index is 0.114. The van der Waals surface area contributed by atoms with Crippen LogP contribution in [0.3, 0.4) is 0 Å². The van der Waals surface area contributed by atoms with Crippen LogP contribution in [0.25, 0.3) is 0 Å². The molecule has 1 heterocycles. The predicted molar refractivity (Wildman–Crippen MR) is 76.1 cm³/mol. The SMILES string of the molecule is CCC1CN(Cc2cc(Br)ccc2F)C(C)CN1. The Morgan fingerprint density at radius 2 is 2.28 bits per heavy atom. The fourth-order valence-electron chi connectivity index (χ4n) is 2.37. The van der Waals surface area contributed by atoms with Crippen molar-refractivity contribution in [1.82, 2.24) is 10.2 Å². The molecule has 2 rings (SSSR count). The number of benzene rings is 1. The molecule has 1 aromatic carbocycles. The summed E-state index contributed by atoms with van der Waals surface area (Å²) in [5.41, 5.74) is 0.771. The van der Waals surface area contributed by atoms with Gasteiger partial charge < -0.3 is 5.32 Å². The van der Waals surface area contributed by atoms with Crippen LogP contribution in [0.4, 0.5) is 4.39 Å². The van der Waals surface area contributed by atoms with Crippen molar-refractivity contribution in [2.24, 2.45) is 0 Å². The highest BCUT2D eigenvalue weighted by atomic mass is 79.9. The average Bonchev–Trinajstić information content (AvgIpc) is 2.36. The van der Waals surface area contributed by atoms with E-state index in [0.29, 0.717) is 18.6 Å². The van der Waals surface area contributed by atoms with E-state index < -0.39 is 0 Å². The van der Waals surface area contributed by atoms with Gasteiger partial charge in [0.25, 0.3) is 0 Å². The van der Waals surface area contributed by atoms with E-state index in [1.165, 1.54) is 6.07 Å². The molecule has 100 valence electrons. The molecule has 1 saturated heterocycles. The van der Waals surface area contributed by atoms with E-state index in [2.05, 4.69) is 40.0 Å². The highest BCUT2D eigenvalue weighted by Gasteiger charge is 2.24. The molecular formula is C14H20BrFN2. The molecule has 4 heteroatoms. The maximum Gasteiger partial charge on any atom is 0.127 e. The second-order valence-corrected chi connectivity index (χ2v) is 5.94. The van der Waals surface area contributed by atoms with Gasteiger partial charge in [-0.05, 0) is 31.5 Å². The summed E-state index contributed by atoms with van der Waals surface area (Å²) in [5.74, 6) is -0.114. The second-order valence-electron chi connectivity index (χ2n) is 5.03. The summed E-state index contributed by atoms with van der Waals surface area (Å²) >= 11 is 3.40. The van der Waals surface area contributed by atoms with Gasteiger partial charge in [0.05, 0.1) is 0 Å². The first-order valence-corrected chi connectivity index (χ1v) is 7.30. The summed E-state index contributed by atoms with van der Waals surface area (Å²) in [5, 5.41) is 3.52. The summed E-state index contributed by atoms with van der Waals surface area (Å²) in [4.78, 5) is 2.36. The van der Waals surface area contributed by atoms with E-state index in [1.807, 2.05) is 6.07 Å². The Balaban J connectivity index is 2.09. The lowest BCUT2D eigenvalue weighted by Crippen LogP contribution is -2.54. The van der Waals surface area contributed by atoms with Gasteiger partial charge in [0.2, 0.25) is 0 Å². The number of halogens is 2. The molecule has 1 fully saturated rings. The topological polar surface area (TPSA) is 15.3 Å². The Bertz CT molecular complexity index is 411. The Morgan fingerprint density at radius 3 is 3.00 bits per heavy atom. The van der Waals surface area contributed by atoms with Crippen LogP contribution in [-0.2, 0) is 6.54 Å². The van der Waals surface area contributed by atoms with Crippen molar-refractivity contribution in [1.29, 1.82) is 0 Å². The van der Waals surface area contributed by atoms with Crippen LogP contribution < -0.4 is 5.32 Å². The molecule has 0 aromatic heterocycles. The number of nitrogens with one attached hydrogen (secondary N) is 1. The maximum atomic E-state index is 13.8. The summed E-state index contributed by atoms with van der Waals surface area (Å²) < 4.78 is 14.7. The van der Waals surface area contributed by atoms with Crippen molar-refractivity contribution < 1.29 is 4.39 Å². The monoisotopic (exact) mass is 314 g/mol. The van der Waals surface area contributed by atoms with Gasteiger partial charge in [-0.1, -0.05) is 22.9 Å². The fourth-order valence-corrected chi connectivity index (χ4v) is 2.78. The quantitative estimate of drug-likeness (QED) is 0.922. The Kier molecular flexibility index (Phi) is 4.76. The minimum Gasteiger partial charge on any atom is -0.311 e. The first-order chi connectivity index (χ1) is 8.60. The molecule has 1 aromatic rings. The van der Waals surface area contributed by atoms with E-state index in [0.717, 1.165) is 29.5 Å². The molecule has 2 unspecified atom stereocenters. The molecule has 0 radical (unpaired) electrons. The van der Waals surface area contributed by atoms with Gasteiger partial charge in [-0.3, -0.25) is 4.90 Å². The van der Waals surface area contributed by atoms with E-state index in [9.17, 15) is 4.39 Å². The molecule has 2 atom stereocenters. The molecular weight excluding hydrogens is 295 g/mol. The van der Waals surface area contributed by atoms with Crippen LogP contribution in [0, 0.1) is 5.82 Å². The molecule has 0 saturated carbocycles. The summed E-state index contributed by atoms with van der Waals surface area (Å²) in [7, 11) is 0. The third kappa shape index (κ3) is 3.31.